The van der Waals surface area contributed by atoms with Crippen molar-refractivity contribution in [1.82, 2.24) is 19.9 Å². The lowest BCUT2D eigenvalue weighted by Crippen LogP contribution is -2.46. The molecule has 0 spiro atoms. The van der Waals surface area contributed by atoms with Crippen molar-refractivity contribution in [2.45, 2.75) is 20.4 Å². The average Bonchev–Trinajstić information content (AvgIpc) is 2.70. The first-order valence-electron chi connectivity index (χ1n) is 9.12. The molecule has 1 saturated heterocycles. The van der Waals surface area contributed by atoms with Crippen LogP contribution in [-0.4, -0.2) is 59.1 Å². The Morgan fingerprint density at radius 2 is 1.92 bits per heavy atom. The lowest BCUT2D eigenvalue weighted by Gasteiger charge is -2.35. The van der Waals surface area contributed by atoms with E-state index in [4.69, 9.17) is 10.2 Å². The van der Waals surface area contributed by atoms with Gasteiger partial charge in [-0.15, -0.1) is 0 Å². The monoisotopic (exact) mass is 351 g/mol. The van der Waals surface area contributed by atoms with Crippen molar-refractivity contribution >= 4 is 11.8 Å². The topological polar surface area (TPSA) is 72.2 Å². The number of anilines is 2. The highest BCUT2D eigenvalue weighted by Crippen LogP contribution is 2.17. The van der Waals surface area contributed by atoms with Gasteiger partial charge in [-0.2, -0.15) is 10.2 Å². The SMILES string of the molecule is CCN(CC)c1nccc(N2CCN(Cc3cncc(C#N)c3)CC2)n1. The Labute approximate surface area is 154 Å². The Kier molecular flexibility index (Phi) is 5.97. The predicted molar refractivity (Wildman–Crippen MR) is 102 cm³/mol. The second kappa shape index (κ2) is 8.59. The van der Waals surface area contributed by atoms with E-state index >= 15 is 0 Å². The number of rotatable bonds is 6. The third-order valence-electron chi connectivity index (χ3n) is 4.70. The maximum atomic E-state index is 9.00. The van der Waals surface area contributed by atoms with Gasteiger partial charge >= 0.3 is 0 Å². The zero-order chi connectivity index (χ0) is 18.4. The number of piperazine rings is 1. The molecule has 136 valence electrons. The third-order valence-corrected chi connectivity index (χ3v) is 4.70. The van der Waals surface area contributed by atoms with Crippen LogP contribution in [0.25, 0.3) is 0 Å². The van der Waals surface area contributed by atoms with Crippen LogP contribution < -0.4 is 9.80 Å². The lowest BCUT2D eigenvalue weighted by molar-refractivity contribution is 0.249. The van der Waals surface area contributed by atoms with Gasteiger partial charge in [0.2, 0.25) is 5.95 Å². The molecule has 0 N–H and O–H groups in total. The largest absolute Gasteiger partial charge is 0.354 e. The molecule has 1 aliphatic heterocycles. The third kappa shape index (κ3) is 4.27. The Morgan fingerprint density at radius 1 is 1.15 bits per heavy atom. The molecule has 2 aromatic rings. The summed E-state index contributed by atoms with van der Waals surface area (Å²) in [4.78, 5) is 20.2. The molecule has 3 heterocycles. The number of hydrogen-bond donors (Lipinski definition) is 0. The summed E-state index contributed by atoms with van der Waals surface area (Å²) in [5.74, 6) is 1.80. The Balaban J connectivity index is 1.60. The van der Waals surface area contributed by atoms with Crippen molar-refractivity contribution < 1.29 is 0 Å². The van der Waals surface area contributed by atoms with E-state index in [-0.39, 0.29) is 0 Å². The predicted octanol–water partition coefficient (Wildman–Crippen LogP) is 1.91. The van der Waals surface area contributed by atoms with Crippen LogP contribution in [0.3, 0.4) is 0 Å². The highest BCUT2D eigenvalue weighted by molar-refractivity contribution is 5.44. The summed E-state index contributed by atoms with van der Waals surface area (Å²) in [6.45, 7) is 10.7. The summed E-state index contributed by atoms with van der Waals surface area (Å²) >= 11 is 0. The molecule has 0 atom stereocenters. The van der Waals surface area contributed by atoms with Gasteiger partial charge in [0.15, 0.2) is 0 Å². The van der Waals surface area contributed by atoms with E-state index in [9.17, 15) is 0 Å². The highest BCUT2D eigenvalue weighted by Gasteiger charge is 2.19. The van der Waals surface area contributed by atoms with Crippen molar-refractivity contribution in [2.24, 2.45) is 0 Å². The first kappa shape index (κ1) is 18.1. The minimum absolute atomic E-state index is 0.617. The van der Waals surface area contributed by atoms with Gasteiger partial charge in [-0.25, -0.2) is 4.98 Å². The normalized spacial score (nSPS) is 14.9. The van der Waals surface area contributed by atoms with Crippen molar-refractivity contribution in [3.63, 3.8) is 0 Å². The van der Waals surface area contributed by atoms with Crippen LogP contribution in [0, 0.1) is 11.3 Å². The van der Waals surface area contributed by atoms with Gasteiger partial charge in [-0.05, 0) is 31.5 Å². The second-order valence-electron chi connectivity index (χ2n) is 6.34. The molecule has 2 aromatic heterocycles. The lowest BCUT2D eigenvalue weighted by atomic mass is 10.2. The van der Waals surface area contributed by atoms with E-state index in [1.54, 1.807) is 6.20 Å². The summed E-state index contributed by atoms with van der Waals surface area (Å²) < 4.78 is 0. The summed E-state index contributed by atoms with van der Waals surface area (Å²) in [5.41, 5.74) is 1.70. The maximum Gasteiger partial charge on any atom is 0.227 e. The van der Waals surface area contributed by atoms with Crippen LogP contribution in [-0.2, 0) is 6.54 Å². The quantitative estimate of drug-likeness (QED) is 0.787. The Morgan fingerprint density at radius 3 is 2.62 bits per heavy atom. The molecule has 1 fully saturated rings. The van der Waals surface area contributed by atoms with Crippen LogP contribution in [0.15, 0.2) is 30.7 Å². The molecule has 0 amide bonds. The van der Waals surface area contributed by atoms with E-state index in [0.29, 0.717) is 5.56 Å². The van der Waals surface area contributed by atoms with E-state index in [0.717, 1.165) is 63.1 Å². The maximum absolute atomic E-state index is 9.00. The van der Waals surface area contributed by atoms with Gasteiger partial charge in [0.05, 0.1) is 5.56 Å². The molecule has 0 radical (unpaired) electrons. The summed E-state index contributed by atoms with van der Waals surface area (Å²) in [7, 11) is 0. The number of aromatic nitrogens is 3. The van der Waals surface area contributed by atoms with Gasteiger partial charge in [0.25, 0.3) is 0 Å². The first-order valence-corrected chi connectivity index (χ1v) is 9.12. The van der Waals surface area contributed by atoms with E-state index < -0.39 is 0 Å². The van der Waals surface area contributed by atoms with Gasteiger partial charge < -0.3 is 9.80 Å². The smallest absolute Gasteiger partial charge is 0.227 e. The fraction of sp³-hybridized carbons (Fsp3) is 0.474. The average molecular weight is 351 g/mol. The summed E-state index contributed by atoms with van der Waals surface area (Å²) in [6, 6.07) is 6.06. The second-order valence-corrected chi connectivity index (χ2v) is 6.34. The summed E-state index contributed by atoms with van der Waals surface area (Å²) in [6.07, 6.45) is 5.29. The molecule has 0 unspecified atom stereocenters. The molecule has 0 saturated carbocycles. The molecule has 0 bridgehead atoms. The molecule has 26 heavy (non-hydrogen) atoms. The van der Waals surface area contributed by atoms with E-state index in [2.05, 4.69) is 44.6 Å². The fourth-order valence-corrected chi connectivity index (χ4v) is 3.20. The molecule has 0 aliphatic carbocycles. The first-order chi connectivity index (χ1) is 12.7. The Bertz CT molecular complexity index is 758. The van der Waals surface area contributed by atoms with Crippen molar-refractivity contribution in [2.75, 3.05) is 49.1 Å². The van der Waals surface area contributed by atoms with Crippen LogP contribution in [0.1, 0.15) is 25.0 Å². The van der Waals surface area contributed by atoms with Gasteiger partial charge in [-0.3, -0.25) is 9.88 Å². The van der Waals surface area contributed by atoms with Crippen molar-refractivity contribution in [3.05, 3.63) is 41.9 Å². The molecule has 0 aromatic carbocycles. The van der Waals surface area contributed by atoms with E-state index in [1.807, 2.05) is 24.5 Å². The van der Waals surface area contributed by atoms with Crippen LogP contribution in [0.4, 0.5) is 11.8 Å². The molecular weight excluding hydrogens is 326 g/mol. The standard InChI is InChI=1S/C19H25N7/c1-3-25(4-2)19-22-6-5-18(23-19)26-9-7-24(8-10-26)15-17-11-16(12-20)13-21-14-17/h5-6,11,13-14H,3-4,7-10,15H2,1-2H3. The van der Waals surface area contributed by atoms with Crippen LogP contribution in [0.2, 0.25) is 0 Å². The minimum Gasteiger partial charge on any atom is -0.354 e. The zero-order valence-electron chi connectivity index (χ0n) is 15.5. The highest BCUT2D eigenvalue weighted by atomic mass is 15.3. The Hall–Kier alpha value is -2.72. The fourth-order valence-electron chi connectivity index (χ4n) is 3.20. The van der Waals surface area contributed by atoms with Crippen molar-refractivity contribution in [3.8, 4) is 6.07 Å². The number of nitriles is 1. The number of hydrogen-bond acceptors (Lipinski definition) is 7. The molecular formula is C19H25N7. The minimum atomic E-state index is 0.617. The summed E-state index contributed by atoms with van der Waals surface area (Å²) in [5, 5.41) is 9.00. The van der Waals surface area contributed by atoms with Gasteiger partial charge in [-0.1, -0.05) is 0 Å². The van der Waals surface area contributed by atoms with Gasteiger partial charge in [0, 0.05) is 64.4 Å². The number of nitrogens with zero attached hydrogens (tertiary/aromatic N) is 7. The van der Waals surface area contributed by atoms with Gasteiger partial charge in [0.1, 0.15) is 11.9 Å². The zero-order valence-corrected chi connectivity index (χ0v) is 15.5. The number of pyridine rings is 1. The van der Waals surface area contributed by atoms with E-state index in [1.165, 1.54) is 0 Å². The van der Waals surface area contributed by atoms with Crippen LogP contribution in [0.5, 0.6) is 0 Å². The molecule has 3 rings (SSSR count). The molecule has 7 heteroatoms. The van der Waals surface area contributed by atoms with Crippen molar-refractivity contribution in [1.29, 1.82) is 5.26 Å². The molecule has 7 nitrogen and oxygen atoms in total. The van der Waals surface area contributed by atoms with Crippen LogP contribution >= 0.6 is 0 Å². The molecule has 1 aliphatic rings.